The molecular weight excluding hydrogens is 304 g/mol. The molecule has 1 aromatic carbocycles. The lowest BCUT2D eigenvalue weighted by Crippen LogP contribution is -2.40. The quantitative estimate of drug-likeness (QED) is 0.841. The van der Waals surface area contributed by atoms with E-state index in [4.69, 9.17) is 4.74 Å². The SMILES string of the molecule is CCC(C)(C)NCC(O)c1cccc(OC(=O)N(C)C)c1.Cl. The normalized spacial score (nSPS) is 12.3. The number of rotatable bonds is 6. The highest BCUT2D eigenvalue weighted by Crippen LogP contribution is 2.20. The number of β-amino-alcohol motifs (C(OH)–C–C–N with tert-alkyl or cyclic N) is 1. The fraction of sp³-hybridized carbons (Fsp3) is 0.562. The van der Waals surface area contributed by atoms with Crippen LogP contribution in [-0.2, 0) is 0 Å². The highest BCUT2D eigenvalue weighted by Gasteiger charge is 2.17. The second-order valence-electron chi connectivity index (χ2n) is 5.97. The van der Waals surface area contributed by atoms with Crippen LogP contribution in [0.1, 0.15) is 38.9 Å². The van der Waals surface area contributed by atoms with E-state index in [0.717, 1.165) is 12.0 Å². The highest BCUT2D eigenvalue weighted by molar-refractivity contribution is 5.85. The van der Waals surface area contributed by atoms with Gasteiger partial charge in [-0.05, 0) is 38.0 Å². The molecule has 0 fully saturated rings. The van der Waals surface area contributed by atoms with Gasteiger partial charge in [-0.25, -0.2) is 4.79 Å². The lowest BCUT2D eigenvalue weighted by Gasteiger charge is -2.26. The van der Waals surface area contributed by atoms with E-state index in [1.54, 1.807) is 32.3 Å². The first kappa shape index (κ1) is 20.7. The van der Waals surface area contributed by atoms with Gasteiger partial charge in [-0.3, -0.25) is 0 Å². The van der Waals surface area contributed by atoms with Crippen LogP contribution in [0.15, 0.2) is 24.3 Å². The molecule has 0 aliphatic heterocycles. The summed E-state index contributed by atoms with van der Waals surface area (Å²) >= 11 is 0. The van der Waals surface area contributed by atoms with Crippen LogP contribution in [0, 0.1) is 0 Å². The molecule has 1 atom stereocenters. The number of nitrogens with zero attached hydrogens (tertiary/aromatic N) is 1. The fourth-order valence-electron chi connectivity index (χ4n) is 1.59. The number of hydrogen-bond donors (Lipinski definition) is 2. The maximum Gasteiger partial charge on any atom is 0.414 e. The summed E-state index contributed by atoms with van der Waals surface area (Å²) < 4.78 is 5.19. The Labute approximate surface area is 139 Å². The Morgan fingerprint density at radius 3 is 2.59 bits per heavy atom. The monoisotopic (exact) mass is 330 g/mol. The Morgan fingerprint density at radius 1 is 1.41 bits per heavy atom. The molecule has 0 heterocycles. The van der Waals surface area contributed by atoms with Crippen molar-refractivity contribution in [3.8, 4) is 5.75 Å². The number of halogens is 1. The second-order valence-corrected chi connectivity index (χ2v) is 5.97. The van der Waals surface area contributed by atoms with E-state index in [0.29, 0.717) is 12.3 Å². The van der Waals surface area contributed by atoms with E-state index in [2.05, 4.69) is 26.1 Å². The van der Waals surface area contributed by atoms with E-state index in [9.17, 15) is 9.90 Å². The molecular formula is C16H27ClN2O3. The summed E-state index contributed by atoms with van der Waals surface area (Å²) in [6, 6.07) is 6.97. The molecule has 0 saturated carbocycles. The molecule has 2 N–H and O–H groups in total. The summed E-state index contributed by atoms with van der Waals surface area (Å²) in [5.74, 6) is 0.431. The minimum absolute atomic E-state index is 0. The number of carbonyl (C=O) groups excluding carboxylic acids is 1. The van der Waals surface area contributed by atoms with E-state index < -0.39 is 12.2 Å². The van der Waals surface area contributed by atoms with E-state index in [-0.39, 0.29) is 17.9 Å². The standard InChI is InChI=1S/C16H26N2O3.ClH/c1-6-16(2,3)17-11-14(19)12-8-7-9-13(10-12)21-15(20)18(4)5;/h7-10,14,17,19H,6,11H2,1-5H3;1H. The number of carbonyl (C=O) groups is 1. The molecule has 0 bridgehead atoms. The van der Waals surface area contributed by atoms with Gasteiger partial charge in [0.2, 0.25) is 0 Å². The fourth-order valence-corrected chi connectivity index (χ4v) is 1.59. The zero-order chi connectivity index (χ0) is 16.0. The van der Waals surface area contributed by atoms with Crippen molar-refractivity contribution in [3.63, 3.8) is 0 Å². The summed E-state index contributed by atoms with van der Waals surface area (Å²) in [6.07, 6.45) is -0.110. The zero-order valence-electron chi connectivity index (χ0n) is 13.9. The van der Waals surface area contributed by atoms with Crippen molar-refractivity contribution < 1.29 is 14.6 Å². The highest BCUT2D eigenvalue weighted by atomic mass is 35.5. The molecule has 0 aromatic heterocycles. The van der Waals surface area contributed by atoms with Crippen molar-refractivity contribution >= 4 is 18.5 Å². The van der Waals surface area contributed by atoms with Crippen LogP contribution >= 0.6 is 12.4 Å². The summed E-state index contributed by atoms with van der Waals surface area (Å²) in [7, 11) is 3.25. The lowest BCUT2D eigenvalue weighted by atomic mass is 10.0. The van der Waals surface area contributed by atoms with Crippen molar-refractivity contribution in [2.75, 3.05) is 20.6 Å². The van der Waals surface area contributed by atoms with Gasteiger partial charge in [-0.1, -0.05) is 19.1 Å². The molecule has 0 saturated heterocycles. The van der Waals surface area contributed by atoms with Crippen molar-refractivity contribution in [2.24, 2.45) is 0 Å². The first-order valence-corrected chi connectivity index (χ1v) is 7.17. The van der Waals surface area contributed by atoms with Gasteiger partial charge in [0.1, 0.15) is 5.75 Å². The first-order chi connectivity index (χ1) is 9.75. The van der Waals surface area contributed by atoms with Crippen LogP contribution in [0.2, 0.25) is 0 Å². The molecule has 22 heavy (non-hydrogen) atoms. The Hall–Kier alpha value is -1.30. The van der Waals surface area contributed by atoms with Crippen LogP contribution in [0.3, 0.4) is 0 Å². The third-order valence-electron chi connectivity index (χ3n) is 3.47. The Kier molecular flexibility index (Phi) is 8.45. The molecule has 6 heteroatoms. The van der Waals surface area contributed by atoms with E-state index in [1.807, 2.05) is 6.07 Å². The minimum Gasteiger partial charge on any atom is -0.410 e. The number of aliphatic hydroxyl groups is 1. The number of nitrogens with one attached hydrogen (secondary N) is 1. The van der Waals surface area contributed by atoms with Gasteiger partial charge in [0.15, 0.2) is 0 Å². The summed E-state index contributed by atoms with van der Waals surface area (Å²) in [5, 5.41) is 13.6. The number of benzene rings is 1. The number of hydrogen-bond acceptors (Lipinski definition) is 4. The first-order valence-electron chi connectivity index (χ1n) is 7.17. The largest absolute Gasteiger partial charge is 0.414 e. The molecule has 126 valence electrons. The van der Waals surface area contributed by atoms with Crippen molar-refractivity contribution in [2.45, 2.75) is 38.8 Å². The number of amides is 1. The predicted octanol–water partition coefficient (Wildman–Crippen LogP) is 2.98. The average Bonchev–Trinajstić information content (AvgIpc) is 2.45. The smallest absolute Gasteiger partial charge is 0.410 e. The number of ether oxygens (including phenoxy) is 1. The third-order valence-corrected chi connectivity index (χ3v) is 3.47. The Morgan fingerprint density at radius 2 is 2.05 bits per heavy atom. The molecule has 1 rings (SSSR count). The van der Waals surface area contributed by atoms with Gasteiger partial charge < -0.3 is 20.1 Å². The molecule has 0 aliphatic rings. The lowest BCUT2D eigenvalue weighted by molar-refractivity contribution is 0.158. The summed E-state index contributed by atoms with van der Waals surface area (Å²) in [4.78, 5) is 12.9. The summed E-state index contributed by atoms with van der Waals surface area (Å²) in [5.41, 5.74) is 0.703. The van der Waals surface area contributed by atoms with Crippen LogP contribution in [0.25, 0.3) is 0 Å². The van der Waals surface area contributed by atoms with Crippen molar-refractivity contribution in [3.05, 3.63) is 29.8 Å². The van der Waals surface area contributed by atoms with Crippen LogP contribution in [-0.4, -0.2) is 42.3 Å². The van der Waals surface area contributed by atoms with Gasteiger partial charge in [0.05, 0.1) is 6.10 Å². The molecule has 5 nitrogen and oxygen atoms in total. The zero-order valence-corrected chi connectivity index (χ0v) is 14.7. The van der Waals surface area contributed by atoms with Crippen LogP contribution in [0.5, 0.6) is 5.75 Å². The Balaban J connectivity index is 0.00000441. The predicted molar refractivity (Wildman–Crippen MR) is 90.7 cm³/mol. The molecule has 1 aromatic rings. The molecule has 0 radical (unpaired) electrons. The molecule has 0 aliphatic carbocycles. The third kappa shape index (κ3) is 6.64. The van der Waals surface area contributed by atoms with Crippen LogP contribution < -0.4 is 10.1 Å². The van der Waals surface area contributed by atoms with E-state index >= 15 is 0 Å². The van der Waals surface area contributed by atoms with Crippen molar-refractivity contribution in [1.29, 1.82) is 0 Å². The topological polar surface area (TPSA) is 61.8 Å². The minimum atomic E-state index is -0.645. The summed E-state index contributed by atoms with van der Waals surface area (Å²) in [6.45, 7) is 6.73. The maximum absolute atomic E-state index is 11.5. The van der Waals surface area contributed by atoms with Crippen LogP contribution in [0.4, 0.5) is 4.79 Å². The van der Waals surface area contributed by atoms with Gasteiger partial charge in [-0.15, -0.1) is 12.4 Å². The molecule has 0 spiro atoms. The van der Waals surface area contributed by atoms with Gasteiger partial charge >= 0.3 is 6.09 Å². The average molecular weight is 331 g/mol. The van der Waals surface area contributed by atoms with Gasteiger partial charge in [0.25, 0.3) is 0 Å². The van der Waals surface area contributed by atoms with Crippen molar-refractivity contribution in [1.82, 2.24) is 10.2 Å². The number of aliphatic hydroxyl groups excluding tert-OH is 1. The van der Waals surface area contributed by atoms with Gasteiger partial charge in [0, 0.05) is 26.2 Å². The molecule has 1 amide bonds. The molecule has 1 unspecified atom stereocenters. The van der Waals surface area contributed by atoms with E-state index in [1.165, 1.54) is 4.90 Å². The Bertz CT molecular complexity index is 478. The maximum atomic E-state index is 11.5. The second kappa shape index (κ2) is 8.98. The van der Waals surface area contributed by atoms with Gasteiger partial charge in [-0.2, -0.15) is 0 Å².